The van der Waals surface area contributed by atoms with Crippen LogP contribution in [0, 0.1) is 22.2 Å². The third-order valence-electron chi connectivity index (χ3n) is 6.04. The van der Waals surface area contributed by atoms with Crippen LogP contribution in [0.2, 0.25) is 0 Å². The van der Waals surface area contributed by atoms with Crippen molar-refractivity contribution < 1.29 is 0 Å². The quantitative estimate of drug-likeness (QED) is 0.455. The number of nitrogens with zero attached hydrogens (tertiary/aromatic N) is 3. The molecule has 7 heteroatoms. The van der Waals surface area contributed by atoms with E-state index in [-0.39, 0.29) is 11.4 Å². The Bertz CT molecular complexity index is 904. The van der Waals surface area contributed by atoms with Gasteiger partial charge in [0.2, 0.25) is 0 Å². The van der Waals surface area contributed by atoms with Gasteiger partial charge in [0.05, 0.1) is 17.9 Å². The highest BCUT2D eigenvalue weighted by Gasteiger charge is 2.48. The second-order valence-electron chi connectivity index (χ2n) is 8.52. The van der Waals surface area contributed by atoms with E-state index in [0.29, 0.717) is 29.5 Å². The Hall–Kier alpha value is -2.70. The van der Waals surface area contributed by atoms with Gasteiger partial charge in [0.15, 0.2) is 5.49 Å². The van der Waals surface area contributed by atoms with Crippen LogP contribution in [0.4, 0.5) is 11.5 Å². The van der Waals surface area contributed by atoms with Gasteiger partial charge in [-0.2, -0.15) is 4.68 Å². The van der Waals surface area contributed by atoms with Crippen molar-refractivity contribution in [1.29, 1.82) is 10.8 Å². The topological polar surface area (TPSA) is 102 Å². The van der Waals surface area contributed by atoms with Gasteiger partial charge in [0.25, 0.3) is 0 Å². The minimum Gasteiger partial charge on any atom is -0.376 e. The summed E-state index contributed by atoms with van der Waals surface area (Å²) in [5.41, 5.74) is 2.35. The molecule has 0 bridgehead atoms. The van der Waals surface area contributed by atoms with Crippen LogP contribution in [-0.2, 0) is 6.54 Å². The molecule has 0 atom stereocenters. The SMILES string of the molecule is CC(C)C(=N)n1nc(NC2CC3(CCC3)C2)cc(NCc2ccccn2)c1=N. The first-order valence-electron chi connectivity index (χ1n) is 10.1. The smallest absolute Gasteiger partial charge is 0.171 e. The first-order valence-corrected chi connectivity index (χ1v) is 10.1. The predicted octanol–water partition coefficient (Wildman–Crippen LogP) is 3.60. The summed E-state index contributed by atoms with van der Waals surface area (Å²) >= 11 is 0. The van der Waals surface area contributed by atoms with Gasteiger partial charge < -0.3 is 10.6 Å². The maximum absolute atomic E-state index is 8.53. The number of rotatable bonds is 6. The summed E-state index contributed by atoms with van der Waals surface area (Å²) in [5, 5.41) is 28.3. The summed E-state index contributed by atoms with van der Waals surface area (Å²) in [6.07, 6.45) is 8.26. The average Bonchev–Trinajstić information content (AvgIpc) is 2.62. The Labute approximate surface area is 165 Å². The summed E-state index contributed by atoms with van der Waals surface area (Å²) in [6, 6.07) is 8.12. The molecule has 0 saturated heterocycles. The van der Waals surface area contributed by atoms with Crippen LogP contribution >= 0.6 is 0 Å². The Morgan fingerprint density at radius 2 is 2.11 bits per heavy atom. The number of pyridine rings is 1. The third kappa shape index (κ3) is 3.66. The molecule has 2 aromatic heterocycles. The van der Waals surface area contributed by atoms with Crippen LogP contribution in [0.5, 0.6) is 0 Å². The summed E-state index contributed by atoms with van der Waals surface area (Å²) in [6.45, 7) is 4.42. The molecule has 4 N–H and O–H groups in total. The highest BCUT2D eigenvalue weighted by Crippen LogP contribution is 2.56. The lowest BCUT2D eigenvalue weighted by atomic mass is 9.54. The molecule has 2 aliphatic carbocycles. The molecule has 0 unspecified atom stereocenters. The van der Waals surface area contributed by atoms with Crippen molar-refractivity contribution in [2.45, 2.75) is 58.5 Å². The van der Waals surface area contributed by atoms with Gasteiger partial charge in [-0.25, -0.2) is 0 Å². The molecule has 4 rings (SSSR count). The Morgan fingerprint density at radius 1 is 1.32 bits per heavy atom. The van der Waals surface area contributed by atoms with Crippen LogP contribution in [-0.4, -0.2) is 26.6 Å². The summed E-state index contributed by atoms with van der Waals surface area (Å²) in [4.78, 5) is 4.33. The van der Waals surface area contributed by atoms with Gasteiger partial charge in [-0.15, -0.1) is 5.10 Å². The lowest BCUT2D eigenvalue weighted by Gasteiger charge is -2.54. The van der Waals surface area contributed by atoms with E-state index in [1.54, 1.807) is 6.20 Å². The Morgan fingerprint density at radius 3 is 2.71 bits per heavy atom. The molecule has 28 heavy (non-hydrogen) atoms. The lowest BCUT2D eigenvalue weighted by molar-refractivity contribution is 0.0190. The molecular weight excluding hydrogens is 350 g/mol. The molecule has 0 aromatic carbocycles. The van der Waals surface area contributed by atoms with E-state index >= 15 is 0 Å². The zero-order chi connectivity index (χ0) is 19.7. The van der Waals surface area contributed by atoms with Crippen molar-refractivity contribution in [3.63, 3.8) is 0 Å². The maximum atomic E-state index is 8.53. The number of anilines is 2. The summed E-state index contributed by atoms with van der Waals surface area (Å²) in [7, 11) is 0. The summed E-state index contributed by atoms with van der Waals surface area (Å²) in [5.74, 6) is 1.03. The van der Waals surface area contributed by atoms with Crippen LogP contribution in [0.1, 0.15) is 51.6 Å². The highest BCUT2D eigenvalue weighted by atomic mass is 15.3. The van der Waals surface area contributed by atoms with Crippen LogP contribution in [0.15, 0.2) is 30.5 Å². The molecular formula is C21H29N7. The van der Waals surface area contributed by atoms with Crippen LogP contribution in [0.3, 0.4) is 0 Å². The monoisotopic (exact) mass is 379 g/mol. The zero-order valence-corrected chi connectivity index (χ0v) is 16.6. The molecule has 0 aliphatic heterocycles. The van der Waals surface area contributed by atoms with Gasteiger partial charge in [-0.3, -0.25) is 15.8 Å². The predicted molar refractivity (Wildman–Crippen MR) is 111 cm³/mol. The maximum Gasteiger partial charge on any atom is 0.171 e. The third-order valence-corrected chi connectivity index (χ3v) is 6.04. The van der Waals surface area contributed by atoms with E-state index in [4.69, 9.17) is 10.8 Å². The minimum absolute atomic E-state index is 0.0116. The molecule has 7 nitrogen and oxygen atoms in total. The molecule has 2 aromatic rings. The second kappa shape index (κ2) is 7.37. The first-order chi connectivity index (χ1) is 13.5. The van der Waals surface area contributed by atoms with Crippen molar-refractivity contribution in [3.05, 3.63) is 41.6 Å². The number of hydrogen-bond acceptors (Lipinski definition) is 6. The molecule has 0 amide bonds. The highest BCUT2D eigenvalue weighted by molar-refractivity contribution is 5.83. The first kappa shape index (κ1) is 18.7. The second-order valence-corrected chi connectivity index (χ2v) is 8.52. The van der Waals surface area contributed by atoms with E-state index in [0.717, 1.165) is 11.5 Å². The Kier molecular flexibility index (Phi) is 4.91. The number of nitrogens with one attached hydrogen (secondary N) is 4. The standard InChI is InChI=1S/C21H29N7/c1-14(2)19(22)28-20(23)17(25-13-15-6-3-4-9-24-15)10-18(27-28)26-16-11-21(12-16)7-5-8-21/h3-4,6,9-10,14,16,22-23,25H,5,7-8,11-13H2,1-2H3,(H,26,27). The largest absolute Gasteiger partial charge is 0.376 e. The Balaban J connectivity index is 1.55. The van der Waals surface area contributed by atoms with Crippen molar-refractivity contribution >= 4 is 17.3 Å². The van der Waals surface area contributed by atoms with Crippen molar-refractivity contribution in [2.24, 2.45) is 11.3 Å². The van der Waals surface area contributed by atoms with E-state index < -0.39 is 0 Å². The number of aromatic nitrogens is 3. The van der Waals surface area contributed by atoms with E-state index in [1.807, 2.05) is 38.1 Å². The fourth-order valence-electron chi connectivity index (χ4n) is 4.20. The van der Waals surface area contributed by atoms with E-state index in [2.05, 4.69) is 20.7 Å². The van der Waals surface area contributed by atoms with Crippen molar-refractivity contribution in [1.82, 2.24) is 14.8 Å². The van der Waals surface area contributed by atoms with E-state index in [9.17, 15) is 0 Å². The molecule has 0 radical (unpaired) electrons. The van der Waals surface area contributed by atoms with Crippen LogP contribution < -0.4 is 16.1 Å². The van der Waals surface area contributed by atoms with E-state index in [1.165, 1.54) is 36.8 Å². The van der Waals surface area contributed by atoms with Gasteiger partial charge in [-0.05, 0) is 43.2 Å². The zero-order valence-electron chi connectivity index (χ0n) is 16.6. The van der Waals surface area contributed by atoms with Crippen molar-refractivity contribution in [2.75, 3.05) is 10.6 Å². The fourth-order valence-corrected chi connectivity index (χ4v) is 4.20. The molecule has 2 fully saturated rings. The average molecular weight is 380 g/mol. The van der Waals surface area contributed by atoms with Crippen LogP contribution in [0.25, 0.3) is 0 Å². The van der Waals surface area contributed by atoms with Gasteiger partial charge >= 0.3 is 0 Å². The molecule has 2 aliphatic rings. The fraction of sp³-hybridized carbons (Fsp3) is 0.524. The normalized spacial score (nSPS) is 17.8. The van der Waals surface area contributed by atoms with Gasteiger partial charge in [-0.1, -0.05) is 26.3 Å². The van der Waals surface area contributed by atoms with Gasteiger partial charge in [0, 0.05) is 24.2 Å². The summed E-state index contributed by atoms with van der Waals surface area (Å²) < 4.78 is 1.44. The molecule has 2 saturated carbocycles. The van der Waals surface area contributed by atoms with Crippen molar-refractivity contribution in [3.8, 4) is 0 Å². The lowest BCUT2D eigenvalue weighted by Crippen LogP contribution is -2.49. The molecule has 148 valence electrons. The molecule has 2 heterocycles. The number of hydrogen-bond donors (Lipinski definition) is 4. The molecule has 1 spiro atoms. The van der Waals surface area contributed by atoms with Gasteiger partial charge in [0.1, 0.15) is 11.7 Å². The minimum atomic E-state index is -0.0116.